The number of nitrogens with one attached hydrogen (secondary N) is 1. The fourth-order valence-corrected chi connectivity index (χ4v) is 3.67. The van der Waals surface area contributed by atoms with Crippen LogP contribution in [0.2, 0.25) is 0 Å². The Labute approximate surface area is 164 Å². The Morgan fingerprint density at radius 2 is 1.61 bits per heavy atom. The Kier molecular flexibility index (Phi) is 4.70. The first-order chi connectivity index (χ1) is 13.5. The van der Waals surface area contributed by atoms with Gasteiger partial charge < -0.3 is 10.2 Å². The number of nitrogens with zero attached hydrogens (tertiary/aromatic N) is 1. The minimum absolute atomic E-state index is 0.00000165. The van der Waals surface area contributed by atoms with Gasteiger partial charge in [-0.15, -0.1) is 0 Å². The Morgan fingerprint density at radius 1 is 0.929 bits per heavy atom. The molecule has 0 saturated heterocycles. The maximum Gasteiger partial charge on any atom is 0.255 e. The Morgan fingerprint density at radius 3 is 2.32 bits per heavy atom. The van der Waals surface area contributed by atoms with E-state index in [0.717, 1.165) is 27.9 Å². The van der Waals surface area contributed by atoms with Gasteiger partial charge in [0.25, 0.3) is 5.91 Å². The number of carbonyl (C=O) groups is 2. The SMILES string of the molecule is Cc1ccc(C(=O)N2CC(=O)Nc3ccc(C)cc3[C@@H]2c2ccccc2)cc1. The predicted molar refractivity (Wildman–Crippen MR) is 110 cm³/mol. The van der Waals surface area contributed by atoms with Crippen LogP contribution >= 0.6 is 0 Å². The number of hydrogen-bond donors (Lipinski definition) is 1. The molecule has 2 amide bonds. The van der Waals surface area contributed by atoms with Crippen LogP contribution in [0.1, 0.15) is 38.7 Å². The van der Waals surface area contributed by atoms with Crippen molar-refractivity contribution in [3.8, 4) is 0 Å². The van der Waals surface area contributed by atoms with Crippen molar-refractivity contribution in [2.75, 3.05) is 11.9 Å². The first kappa shape index (κ1) is 18.0. The molecule has 1 N–H and O–H groups in total. The van der Waals surface area contributed by atoms with Crippen LogP contribution in [-0.2, 0) is 4.79 Å². The van der Waals surface area contributed by atoms with E-state index in [4.69, 9.17) is 0 Å². The standard InChI is InChI=1S/C24H22N2O2/c1-16-8-11-19(12-9-16)24(28)26-15-22(27)25-21-13-10-17(2)14-20(21)23(26)18-6-4-3-5-7-18/h3-14,23H,15H2,1-2H3,(H,25,27)/t23-/m0/s1. The highest BCUT2D eigenvalue weighted by atomic mass is 16.2. The van der Waals surface area contributed by atoms with E-state index in [1.165, 1.54) is 0 Å². The average molecular weight is 370 g/mol. The van der Waals surface area contributed by atoms with Gasteiger partial charge in [-0.1, -0.05) is 65.7 Å². The lowest BCUT2D eigenvalue weighted by Crippen LogP contribution is -2.39. The maximum absolute atomic E-state index is 13.4. The van der Waals surface area contributed by atoms with Gasteiger partial charge in [0.2, 0.25) is 5.91 Å². The summed E-state index contributed by atoms with van der Waals surface area (Å²) in [7, 11) is 0. The number of anilines is 1. The predicted octanol–water partition coefficient (Wildman–Crippen LogP) is 4.49. The molecule has 140 valence electrons. The van der Waals surface area contributed by atoms with E-state index in [1.54, 1.807) is 4.90 Å². The Bertz CT molecular complexity index is 1030. The van der Waals surface area contributed by atoms with Crippen LogP contribution in [0.5, 0.6) is 0 Å². The largest absolute Gasteiger partial charge is 0.324 e. The van der Waals surface area contributed by atoms with E-state index >= 15 is 0 Å². The second-order valence-corrected chi connectivity index (χ2v) is 7.25. The molecule has 0 fully saturated rings. The summed E-state index contributed by atoms with van der Waals surface area (Å²) in [4.78, 5) is 27.7. The molecule has 3 aromatic carbocycles. The van der Waals surface area contributed by atoms with Gasteiger partial charge in [0.15, 0.2) is 0 Å². The normalized spacial score (nSPS) is 16.1. The van der Waals surface area contributed by atoms with E-state index < -0.39 is 0 Å². The third kappa shape index (κ3) is 3.41. The van der Waals surface area contributed by atoms with Crippen LogP contribution in [0.15, 0.2) is 72.8 Å². The monoisotopic (exact) mass is 370 g/mol. The van der Waals surface area contributed by atoms with Crippen LogP contribution in [0.4, 0.5) is 5.69 Å². The molecule has 1 atom stereocenters. The van der Waals surface area contributed by atoms with E-state index in [1.807, 2.05) is 86.6 Å². The molecule has 4 heteroatoms. The second kappa shape index (κ2) is 7.31. The molecule has 28 heavy (non-hydrogen) atoms. The number of hydrogen-bond acceptors (Lipinski definition) is 2. The van der Waals surface area contributed by atoms with Crippen molar-refractivity contribution in [2.24, 2.45) is 0 Å². The van der Waals surface area contributed by atoms with Crippen molar-refractivity contribution in [3.63, 3.8) is 0 Å². The summed E-state index contributed by atoms with van der Waals surface area (Å²) in [5.41, 5.74) is 5.41. The van der Waals surface area contributed by atoms with Crippen LogP contribution in [-0.4, -0.2) is 23.3 Å². The highest BCUT2D eigenvalue weighted by Crippen LogP contribution is 2.37. The summed E-state index contributed by atoms with van der Waals surface area (Å²) in [6, 6.07) is 22.9. The van der Waals surface area contributed by atoms with E-state index in [9.17, 15) is 9.59 Å². The summed E-state index contributed by atoms with van der Waals surface area (Å²) in [6.45, 7) is 4.00. The molecule has 1 aliphatic heterocycles. The van der Waals surface area contributed by atoms with E-state index in [0.29, 0.717) is 5.56 Å². The zero-order valence-electron chi connectivity index (χ0n) is 16.0. The van der Waals surface area contributed by atoms with Gasteiger partial charge in [-0.2, -0.15) is 0 Å². The summed E-state index contributed by atoms with van der Waals surface area (Å²) in [6.07, 6.45) is 0. The van der Waals surface area contributed by atoms with Gasteiger partial charge in [-0.3, -0.25) is 9.59 Å². The van der Waals surface area contributed by atoms with Crippen LogP contribution < -0.4 is 5.32 Å². The minimum atomic E-state index is -0.344. The third-order valence-electron chi connectivity index (χ3n) is 5.08. The Hall–Kier alpha value is -3.40. The second-order valence-electron chi connectivity index (χ2n) is 7.25. The fraction of sp³-hybridized carbons (Fsp3) is 0.167. The number of amides is 2. The summed E-state index contributed by atoms with van der Waals surface area (Å²) in [5.74, 6) is -0.345. The average Bonchev–Trinajstić information content (AvgIpc) is 2.84. The topological polar surface area (TPSA) is 49.4 Å². The number of rotatable bonds is 2. The quantitative estimate of drug-likeness (QED) is 0.723. The zero-order chi connectivity index (χ0) is 19.7. The fourth-order valence-electron chi connectivity index (χ4n) is 3.67. The molecule has 1 heterocycles. The van der Waals surface area contributed by atoms with Crippen molar-refractivity contribution >= 4 is 17.5 Å². The lowest BCUT2D eigenvalue weighted by molar-refractivity contribution is -0.117. The molecular weight excluding hydrogens is 348 g/mol. The van der Waals surface area contributed by atoms with E-state index in [-0.39, 0.29) is 24.4 Å². The van der Waals surface area contributed by atoms with Crippen LogP contribution in [0.25, 0.3) is 0 Å². The van der Waals surface area contributed by atoms with Gasteiger partial charge in [0.05, 0.1) is 6.04 Å². The van der Waals surface area contributed by atoms with Gasteiger partial charge in [-0.05, 0) is 37.6 Å². The van der Waals surface area contributed by atoms with Crippen LogP contribution in [0, 0.1) is 13.8 Å². The van der Waals surface area contributed by atoms with Crippen LogP contribution in [0.3, 0.4) is 0 Å². The summed E-state index contributed by atoms with van der Waals surface area (Å²) < 4.78 is 0. The molecule has 0 saturated carbocycles. The first-order valence-electron chi connectivity index (χ1n) is 9.36. The molecule has 0 aromatic heterocycles. The Balaban J connectivity index is 1.88. The molecule has 3 aromatic rings. The maximum atomic E-state index is 13.4. The van der Waals surface area contributed by atoms with Gasteiger partial charge in [0, 0.05) is 16.8 Å². The molecule has 0 radical (unpaired) electrons. The minimum Gasteiger partial charge on any atom is -0.324 e. The summed E-state index contributed by atoms with van der Waals surface area (Å²) >= 11 is 0. The molecule has 0 bridgehead atoms. The number of carbonyl (C=O) groups excluding carboxylic acids is 2. The van der Waals surface area contributed by atoms with Crippen molar-refractivity contribution in [1.29, 1.82) is 0 Å². The molecule has 4 rings (SSSR count). The van der Waals surface area contributed by atoms with E-state index in [2.05, 4.69) is 5.32 Å². The highest BCUT2D eigenvalue weighted by Gasteiger charge is 2.33. The number of benzene rings is 3. The lowest BCUT2D eigenvalue weighted by Gasteiger charge is -2.31. The molecule has 4 nitrogen and oxygen atoms in total. The summed E-state index contributed by atoms with van der Waals surface area (Å²) in [5, 5.41) is 2.96. The highest BCUT2D eigenvalue weighted by molar-refractivity contribution is 6.01. The molecule has 0 unspecified atom stereocenters. The smallest absolute Gasteiger partial charge is 0.255 e. The first-order valence-corrected chi connectivity index (χ1v) is 9.36. The molecule has 0 aliphatic carbocycles. The zero-order valence-corrected chi connectivity index (χ0v) is 16.0. The van der Waals surface area contributed by atoms with Crippen molar-refractivity contribution in [3.05, 3.63) is 101 Å². The molecular formula is C24H22N2O2. The van der Waals surface area contributed by atoms with Crippen molar-refractivity contribution in [1.82, 2.24) is 4.90 Å². The van der Waals surface area contributed by atoms with Crippen molar-refractivity contribution in [2.45, 2.75) is 19.9 Å². The molecule has 0 spiro atoms. The van der Waals surface area contributed by atoms with Gasteiger partial charge >= 0.3 is 0 Å². The van der Waals surface area contributed by atoms with Gasteiger partial charge in [0.1, 0.15) is 6.54 Å². The third-order valence-corrected chi connectivity index (χ3v) is 5.08. The lowest BCUT2D eigenvalue weighted by atomic mass is 9.94. The van der Waals surface area contributed by atoms with Gasteiger partial charge in [-0.25, -0.2) is 0 Å². The molecule has 1 aliphatic rings. The number of fused-ring (bicyclic) bond motifs is 1. The van der Waals surface area contributed by atoms with Crippen molar-refractivity contribution < 1.29 is 9.59 Å². The number of aryl methyl sites for hydroxylation is 2.